The number of unbranched alkanes of at least 4 members (excludes halogenated alkanes) is 1. The van der Waals surface area contributed by atoms with Crippen LogP contribution in [0.2, 0.25) is 0 Å². The standard InChI is InChI=1S/C15H27N3O2/c1-4-5-6-17(3)14(19)12-11-13(12)15(20)18-9-7-16(2)8-10-18/h12-13H,4-11H2,1-3H3. The van der Waals surface area contributed by atoms with Gasteiger partial charge in [-0.25, -0.2) is 0 Å². The van der Waals surface area contributed by atoms with Gasteiger partial charge in [0.05, 0.1) is 11.8 Å². The molecule has 1 heterocycles. The number of rotatable bonds is 5. The van der Waals surface area contributed by atoms with Crippen molar-refractivity contribution in [2.45, 2.75) is 26.2 Å². The van der Waals surface area contributed by atoms with Crippen molar-refractivity contribution in [3.63, 3.8) is 0 Å². The molecule has 1 saturated heterocycles. The topological polar surface area (TPSA) is 43.9 Å². The lowest BCUT2D eigenvalue weighted by molar-refractivity contribution is -0.138. The van der Waals surface area contributed by atoms with Crippen molar-refractivity contribution in [2.75, 3.05) is 46.8 Å². The highest BCUT2D eigenvalue weighted by molar-refractivity contribution is 5.92. The molecule has 2 atom stereocenters. The summed E-state index contributed by atoms with van der Waals surface area (Å²) in [5.74, 6) is 0.255. The van der Waals surface area contributed by atoms with Crippen LogP contribution in [0.5, 0.6) is 0 Å². The molecule has 2 amide bonds. The number of amides is 2. The summed E-state index contributed by atoms with van der Waals surface area (Å²) >= 11 is 0. The number of hydrogen-bond donors (Lipinski definition) is 0. The summed E-state index contributed by atoms with van der Waals surface area (Å²) in [6.07, 6.45) is 2.87. The number of carbonyl (C=O) groups excluding carboxylic acids is 2. The van der Waals surface area contributed by atoms with Crippen molar-refractivity contribution < 1.29 is 9.59 Å². The Hall–Kier alpha value is -1.10. The van der Waals surface area contributed by atoms with Gasteiger partial charge in [-0.15, -0.1) is 0 Å². The van der Waals surface area contributed by atoms with Crippen molar-refractivity contribution >= 4 is 11.8 Å². The summed E-state index contributed by atoms with van der Waals surface area (Å²) in [6, 6.07) is 0. The molecule has 2 fully saturated rings. The first-order valence-corrected chi connectivity index (χ1v) is 7.77. The van der Waals surface area contributed by atoms with E-state index in [2.05, 4.69) is 18.9 Å². The van der Waals surface area contributed by atoms with Crippen LogP contribution in [0, 0.1) is 11.8 Å². The molecule has 114 valence electrons. The molecule has 0 radical (unpaired) electrons. The van der Waals surface area contributed by atoms with Gasteiger partial charge in [0.2, 0.25) is 11.8 Å². The third kappa shape index (κ3) is 3.51. The van der Waals surface area contributed by atoms with Gasteiger partial charge in [0.15, 0.2) is 0 Å². The van der Waals surface area contributed by atoms with Crippen molar-refractivity contribution in [1.29, 1.82) is 0 Å². The molecule has 20 heavy (non-hydrogen) atoms. The quantitative estimate of drug-likeness (QED) is 0.743. The highest BCUT2D eigenvalue weighted by atomic mass is 16.2. The molecule has 5 heteroatoms. The van der Waals surface area contributed by atoms with Crippen molar-refractivity contribution in [2.24, 2.45) is 11.8 Å². The third-order valence-electron chi connectivity index (χ3n) is 4.46. The minimum absolute atomic E-state index is 0.0463. The minimum atomic E-state index is -0.0518. The zero-order chi connectivity index (χ0) is 14.7. The van der Waals surface area contributed by atoms with E-state index in [0.717, 1.165) is 52.0 Å². The van der Waals surface area contributed by atoms with Crippen LogP contribution in [-0.2, 0) is 9.59 Å². The molecule has 0 bridgehead atoms. The number of likely N-dealkylation sites (N-methyl/N-ethyl adjacent to an activating group) is 1. The van der Waals surface area contributed by atoms with Crippen molar-refractivity contribution in [1.82, 2.24) is 14.7 Å². The fraction of sp³-hybridized carbons (Fsp3) is 0.867. The Morgan fingerprint density at radius 3 is 2.40 bits per heavy atom. The predicted octanol–water partition coefficient (Wildman–Crippen LogP) is 0.655. The summed E-state index contributed by atoms with van der Waals surface area (Å²) in [5.41, 5.74) is 0. The van der Waals surface area contributed by atoms with Gasteiger partial charge in [-0.05, 0) is 19.9 Å². The van der Waals surface area contributed by atoms with E-state index in [1.54, 1.807) is 4.90 Å². The van der Waals surface area contributed by atoms with Gasteiger partial charge in [-0.3, -0.25) is 9.59 Å². The van der Waals surface area contributed by atoms with E-state index in [1.165, 1.54) is 0 Å². The average Bonchev–Trinajstić information content (AvgIpc) is 3.24. The smallest absolute Gasteiger partial charge is 0.226 e. The molecule has 0 aromatic heterocycles. The normalized spacial score (nSPS) is 26.4. The molecular weight excluding hydrogens is 254 g/mol. The zero-order valence-corrected chi connectivity index (χ0v) is 13.0. The lowest BCUT2D eigenvalue weighted by Gasteiger charge is -2.32. The van der Waals surface area contributed by atoms with Crippen molar-refractivity contribution in [3.05, 3.63) is 0 Å². The van der Waals surface area contributed by atoms with E-state index in [9.17, 15) is 9.59 Å². The number of carbonyl (C=O) groups is 2. The molecule has 2 unspecified atom stereocenters. The first-order valence-electron chi connectivity index (χ1n) is 7.77. The Balaban J connectivity index is 1.79. The predicted molar refractivity (Wildman–Crippen MR) is 78.2 cm³/mol. The van der Waals surface area contributed by atoms with Crippen LogP contribution in [0.15, 0.2) is 0 Å². The van der Waals surface area contributed by atoms with Gasteiger partial charge in [0, 0.05) is 39.8 Å². The van der Waals surface area contributed by atoms with E-state index >= 15 is 0 Å². The largest absolute Gasteiger partial charge is 0.346 e. The molecule has 2 aliphatic rings. The second kappa shape index (κ2) is 6.57. The highest BCUT2D eigenvalue weighted by Crippen LogP contribution is 2.41. The van der Waals surface area contributed by atoms with Crippen LogP contribution in [0.25, 0.3) is 0 Å². The van der Waals surface area contributed by atoms with E-state index in [-0.39, 0.29) is 23.7 Å². The molecule has 1 saturated carbocycles. The maximum Gasteiger partial charge on any atom is 0.226 e. The number of hydrogen-bond acceptors (Lipinski definition) is 3. The zero-order valence-electron chi connectivity index (χ0n) is 13.0. The van der Waals surface area contributed by atoms with Gasteiger partial charge in [0.25, 0.3) is 0 Å². The Bertz CT molecular complexity index is 364. The molecule has 1 aliphatic heterocycles. The van der Waals surface area contributed by atoms with E-state index in [4.69, 9.17) is 0 Å². The van der Waals surface area contributed by atoms with Crippen LogP contribution in [-0.4, -0.2) is 73.3 Å². The lowest BCUT2D eigenvalue weighted by Crippen LogP contribution is -2.48. The van der Waals surface area contributed by atoms with Crippen LogP contribution >= 0.6 is 0 Å². The summed E-state index contributed by atoms with van der Waals surface area (Å²) in [4.78, 5) is 30.5. The molecule has 1 aliphatic carbocycles. The first-order chi connectivity index (χ1) is 9.54. The van der Waals surface area contributed by atoms with E-state index < -0.39 is 0 Å². The van der Waals surface area contributed by atoms with E-state index in [1.807, 2.05) is 11.9 Å². The fourth-order valence-electron chi connectivity index (χ4n) is 2.79. The second-order valence-corrected chi connectivity index (χ2v) is 6.19. The van der Waals surface area contributed by atoms with Gasteiger partial charge < -0.3 is 14.7 Å². The molecule has 0 aromatic carbocycles. The molecule has 0 N–H and O–H groups in total. The summed E-state index contributed by atoms with van der Waals surface area (Å²) in [7, 11) is 3.93. The Kier molecular flexibility index (Phi) is 5.02. The SMILES string of the molecule is CCCCN(C)C(=O)C1CC1C(=O)N1CCN(C)CC1. The summed E-state index contributed by atoms with van der Waals surface area (Å²) < 4.78 is 0. The average molecular weight is 281 g/mol. The van der Waals surface area contributed by atoms with Crippen LogP contribution < -0.4 is 0 Å². The minimum Gasteiger partial charge on any atom is -0.346 e. The van der Waals surface area contributed by atoms with Crippen LogP contribution in [0.3, 0.4) is 0 Å². The maximum absolute atomic E-state index is 12.4. The van der Waals surface area contributed by atoms with Crippen molar-refractivity contribution in [3.8, 4) is 0 Å². The van der Waals surface area contributed by atoms with E-state index in [0.29, 0.717) is 0 Å². The van der Waals surface area contributed by atoms with Gasteiger partial charge in [-0.2, -0.15) is 0 Å². The third-order valence-corrected chi connectivity index (χ3v) is 4.46. The highest BCUT2D eigenvalue weighted by Gasteiger charge is 2.50. The number of nitrogens with zero attached hydrogens (tertiary/aromatic N) is 3. The molecule has 5 nitrogen and oxygen atoms in total. The summed E-state index contributed by atoms with van der Waals surface area (Å²) in [6.45, 7) is 6.41. The molecule has 2 rings (SSSR count). The van der Waals surface area contributed by atoms with Gasteiger partial charge in [0.1, 0.15) is 0 Å². The molecule has 0 aromatic rings. The number of piperazine rings is 1. The molecular formula is C15H27N3O2. The first kappa shape index (κ1) is 15.3. The van der Waals surface area contributed by atoms with Crippen LogP contribution in [0.4, 0.5) is 0 Å². The van der Waals surface area contributed by atoms with Gasteiger partial charge in [-0.1, -0.05) is 13.3 Å². The monoisotopic (exact) mass is 281 g/mol. The Labute approximate surface area is 121 Å². The van der Waals surface area contributed by atoms with Gasteiger partial charge >= 0.3 is 0 Å². The van der Waals surface area contributed by atoms with Crippen LogP contribution in [0.1, 0.15) is 26.2 Å². The maximum atomic E-state index is 12.4. The lowest BCUT2D eigenvalue weighted by atomic mass is 10.2. The Morgan fingerprint density at radius 2 is 1.80 bits per heavy atom. The Morgan fingerprint density at radius 1 is 1.15 bits per heavy atom. The fourth-order valence-corrected chi connectivity index (χ4v) is 2.79. The second-order valence-electron chi connectivity index (χ2n) is 6.19. The summed E-state index contributed by atoms with van der Waals surface area (Å²) in [5, 5.41) is 0. The molecule has 0 spiro atoms.